The second-order valence-electron chi connectivity index (χ2n) is 7.93. The van der Waals surface area contributed by atoms with Crippen molar-refractivity contribution in [2.45, 2.75) is 32.0 Å². The van der Waals surface area contributed by atoms with Crippen LogP contribution in [0.15, 0.2) is 42.5 Å². The summed E-state index contributed by atoms with van der Waals surface area (Å²) in [7, 11) is 0. The van der Waals surface area contributed by atoms with Crippen molar-refractivity contribution in [3.63, 3.8) is 0 Å². The monoisotopic (exact) mass is 490 g/mol. The van der Waals surface area contributed by atoms with Gasteiger partial charge in [-0.2, -0.15) is 13.2 Å². The number of thiazole rings is 1. The molecule has 0 bridgehead atoms. The number of hydrogen-bond donors (Lipinski definition) is 1. The molecule has 0 radical (unpaired) electrons. The molecule has 4 aromatic rings. The second-order valence-corrected chi connectivity index (χ2v) is 9.57. The first kappa shape index (κ1) is 21.9. The summed E-state index contributed by atoms with van der Waals surface area (Å²) in [5.74, 6) is 0.250. The molecule has 0 spiro atoms. The van der Waals surface area contributed by atoms with Crippen LogP contribution < -0.4 is 0 Å². The van der Waals surface area contributed by atoms with Gasteiger partial charge in [-0.25, -0.2) is 9.97 Å². The van der Waals surface area contributed by atoms with E-state index in [2.05, 4.69) is 15.0 Å². The van der Waals surface area contributed by atoms with E-state index >= 15 is 0 Å². The number of alkyl halides is 3. The van der Waals surface area contributed by atoms with Crippen molar-refractivity contribution >= 4 is 39.9 Å². The Morgan fingerprint density at radius 3 is 2.79 bits per heavy atom. The van der Waals surface area contributed by atoms with E-state index in [4.69, 9.17) is 11.6 Å². The number of nitrogens with one attached hydrogen (secondary N) is 1. The number of fused-ring (bicyclic) bond motifs is 1. The lowest BCUT2D eigenvalue weighted by Crippen LogP contribution is -2.31. The Balaban J connectivity index is 1.49. The van der Waals surface area contributed by atoms with E-state index in [9.17, 15) is 18.0 Å². The fraction of sp³-hybridized carbons (Fsp3) is 0.261. The third kappa shape index (κ3) is 4.11. The minimum atomic E-state index is -4.44. The van der Waals surface area contributed by atoms with Gasteiger partial charge in [-0.15, -0.1) is 11.3 Å². The molecule has 1 atom stereocenters. The average Bonchev–Trinajstić information content (AvgIpc) is 3.49. The molecule has 2 aromatic carbocycles. The van der Waals surface area contributed by atoms with E-state index in [0.29, 0.717) is 35.0 Å². The lowest BCUT2D eigenvalue weighted by atomic mass is 10.1. The molecule has 0 aliphatic carbocycles. The molecular formula is C23H18ClF3N4OS. The number of rotatable bonds is 3. The van der Waals surface area contributed by atoms with Gasteiger partial charge < -0.3 is 9.88 Å². The van der Waals surface area contributed by atoms with Gasteiger partial charge in [-0.3, -0.25) is 4.79 Å². The van der Waals surface area contributed by atoms with E-state index in [1.165, 1.54) is 17.4 Å². The van der Waals surface area contributed by atoms with Gasteiger partial charge >= 0.3 is 6.18 Å². The SMILES string of the molecule is Cc1nc(C(=O)N2CCCC2c2nc3cc(C(F)(F)F)ccc3[nH]2)c(-c2cccc(Cl)c2)s1. The van der Waals surface area contributed by atoms with Gasteiger partial charge in [0.1, 0.15) is 11.5 Å². The molecule has 1 saturated heterocycles. The summed E-state index contributed by atoms with van der Waals surface area (Å²) in [5, 5.41) is 1.32. The number of imidazole rings is 1. The van der Waals surface area contributed by atoms with Crippen LogP contribution in [0.3, 0.4) is 0 Å². The summed E-state index contributed by atoms with van der Waals surface area (Å²) >= 11 is 7.57. The molecule has 3 heterocycles. The molecule has 5 rings (SSSR count). The van der Waals surface area contributed by atoms with Crippen molar-refractivity contribution in [1.82, 2.24) is 19.9 Å². The largest absolute Gasteiger partial charge is 0.416 e. The zero-order chi connectivity index (χ0) is 23.3. The summed E-state index contributed by atoms with van der Waals surface area (Å²) in [5.41, 5.74) is 1.14. The van der Waals surface area contributed by atoms with E-state index in [1.807, 2.05) is 19.1 Å². The van der Waals surface area contributed by atoms with Gasteiger partial charge in [0, 0.05) is 11.6 Å². The van der Waals surface area contributed by atoms with E-state index < -0.39 is 11.7 Å². The molecule has 0 saturated carbocycles. The first-order chi connectivity index (χ1) is 15.7. The van der Waals surface area contributed by atoms with Crippen molar-refractivity contribution in [2.24, 2.45) is 0 Å². The number of aromatic nitrogens is 3. The number of aryl methyl sites for hydroxylation is 1. The molecule has 33 heavy (non-hydrogen) atoms. The van der Waals surface area contributed by atoms with Crippen molar-refractivity contribution < 1.29 is 18.0 Å². The first-order valence-corrected chi connectivity index (χ1v) is 11.5. The Morgan fingerprint density at radius 2 is 2.03 bits per heavy atom. The van der Waals surface area contributed by atoms with Crippen LogP contribution in [0.5, 0.6) is 0 Å². The minimum absolute atomic E-state index is 0.225. The Kier molecular flexibility index (Phi) is 5.41. The number of amides is 1. The summed E-state index contributed by atoms with van der Waals surface area (Å²) in [4.78, 5) is 28.0. The molecular weight excluding hydrogens is 473 g/mol. The summed E-state index contributed by atoms with van der Waals surface area (Å²) in [6.07, 6.45) is -3.02. The van der Waals surface area contributed by atoms with Gasteiger partial charge in [0.15, 0.2) is 0 Å². The molecule has 2 aromatic heterocycles. The molecule has 1 aliphatic rings. The topological polar surface area (TPSA) is 61.9 Å². The van der Waals surface area contributed by atoms with E-state index in [0.717, 1.165) is 34.0 Å². The van der Waals surface area contributed by atoms with Crippen LogP contribution in [0, 0.1) is 6.92 Å². The summed E-state index contributed by atoms with van der Waals surface area (Å²) in [6.45, 7) is 2.36. The van der Waals surface area contributed by atoms with Gasteiger partial charge in [0.2, 0.25) is 0 Å². The Labute approximate surface area is 196 Å². The normalized spacial score (nSPS) is 16.6. The van der Waals surface area contributed by atoms with Crippen molar-refractivity contribution in [1.29, 1.82) is 0 Å². The Morgan fingerprint density at radius 1 is 1.21 bits per heavy atom. The maximum atomic E-state index is 13.6. The minimum Gasteiger partial charge on any atom is -0.340 e. The highest BCUT2D eigenvalue weighted by atomic mass is 35.5. The first-order valence-electron chi connectivity index (χ1n) is 10.3. The van der Waals surface area contributed by atoms with Crippen molar-refractivity contribution in [3.8, 4) is 10.4 Å². The molecule has 1 amide bonds. The fourth-order valence-electron chi connectivity index (χ4n) is 4.19. The van der Waals surface area contributed by atoms with Crippen LogP contribution in [-0.2, 0) is 6.18 Å². The number of carbonyl (C=O) groups excluding carboxylic acids is 1. The molecule has 5 nitrogen and oxygen atoms in total. The molecule has 1 unspecified atom stereocenters. The van der Waals surface area contributed by atoms with Gasteiger partial charge in [0.05, 0.1) is 32.5 Å². The van der Waals surface area contributed by atoms with Crippen molar-refractivity contribution in [2.75, 3.05) is 6.54 Å². The number of hydrogen-bond acceptors (Lipinski definition) is 4. The average molecular weight is 491 g/mol. The van der Waals surface area contributed by atoms with Gasteiger partial charge in [-0.05, 0) is 55.7 Å². The molecule has 10 heteroatoms. The smallest absolute Gasteiger partial charge is 0.340 e. The Bertz CT molecular complexity index is 1360. The van der Waals surface area contributed by atoms with Gasteiger partial charge in [0.25, 0.3) is 5.91 Å². The van der Waals surface area contributed by atoms with Gasteiger partial charge in [-0.1, -0.05) is 23.7 Å². The van der Waals surface area contributed by atoms with Crippen LogP contribution in [0.1, 0.15) is 45.8 Å². The highest BCUT2D eigenvalue weighted by Gasteiger charge is 2.36. The number of nitrogens with zero attached hydrogens (tertiary/aromatic N) is 3. The highest BCUT2D eigenvalue weighted by Crippen LogP contribution is 2.38. The molecule has 1 N–H and O–H groups in total. The van der Waals surface area contributed by atoms with Crippen molar-refractivity contribution in [3.05, 3.63) is 69.6 Å². The molecule has 1 fully saturated rings. The van der Waals surface area contributed by atoms with Crippen LogP contribution in [0.25, 0.3) is 21.5 Å². The zero-order valence-electron chi connectivity index (χ0n) is 17.4. The highest BCUT2D eigenvalue weighted by molar-refractivity contribution is 7.15. The van der Waals surface area contributed by atoms with Crippen LogP contribution in [0.2, 0.25) is 5.02 Å². The zero-order valence-corrected chi connectivity index (χ0v) is 19.0. The van der Waals surface area contributed by atoms with E-state index in [1.54, 1.807) is 17.0 Å². The number of aromatic amines is 1. The van der Waals surface area contributed by atoms with E-state index in [-0.39, 0.29) is 17.5 Å². The van der Waals surface area contributed by atoms with Crippen LogP contribution in [0.4, 0.5) is 13.2 Å². The third-order valence-corrected chi connectivity index (χ3v) is 6.94. The lowest BCUT2D eigenvalue weighted by molar-refractivity contribution is -0.137. The predicted molar refractivity (Wildman–Crippen MR) is 121 cm³/mol. The number of carbonyl (C=O) groups is 1. The number of benzene rings is 2. The van der Waals surface area contributed by atoms with Crippen LogP contribution >= 0.6 is 22.9 Å². The quantitative estimate of drug-likeness (QED) is 0.350. The predicted octanol–water partition coefficient (Wildman–Crippen LogP) is 6.64. The number of likely N-dealkylation sites (tertiary alicyclic amines) is 1. The second kappa shape index (κ2) is 8.14. The summed E-state index contributed by atoms with van der Waals surface area (Å²) in [6, 6.07) is 10.3. The molecule has 1 aliphatic heterocycles. The number of H-pyrrole nitrogens is 1. The fourth-order valence-corrected chi connectivity index (χ4v) is 5.28. The van der Waals surface area contributed by atoms with Crippen LogP contribution in [-0.4, -0.2) is 32.3 Å². The molecule has 170 valence electrons. The Hall–Kier alpha value is -2.91. The maximum Gasteiger partial charge on any atom is 0.416 e. The maximum absolute atomic E-state index is 13.6. The third-order valence-electron chi connectivity index (χ3n) is 5.68. The lowest BCUT2D eigenvalue weighted by Gasteiger charge is -2.22. The summed E-state index contributed by atoms with van der Waals surface area (Å²) < 4.78 is 39.2. The number of halogens is 4. The standard InChI is InChI=1S/C23H18ClF3N4OS/c1-12-28-19(20(33-12)13-4-2-5-15(24)10-13)22(32)31-9-3-6-18(31)21-29-16-8-7-14(23(25,26)27)11-17(16)30-21/h2,4-5,7-8,10-11,18H,3,6,9H2,1H3,(H,29,30).